The lowest BCUT2D eigenvalue weighted by Gasteiger charge is -2.58. The van der Waals surface area contributed by atoms with Gasteiger partial charge in [-0.2, -0.15) is 0 Å². The van der Waals surface area contributed by atoms with E-state index in [1.807, 2.05) is 42.5 Å². The number of halogens is 2. The number of esters is 1. The number of hydrogen-bond donors (Lipinski definition) is 2. The van der Waals surface area contributed by atoms with Crippen molar-refractivity contribution in [2.75, 3.05) is 7.11 Å². The van der Waals surface area contributed by atoms with Crippen LogP contribution in [0.25, 0.3) is 16.6 Å². The van der Waals surface area contributed by atoms with E-state index < -0.39 is 5.97 Å². The van der Waals surface area contributed by atoms with Gasteiger partial charge in [-0.15, -0.1) is 12.4 Å². The molecular weight excluding hydrogens is 597 g/mol. The van der Waals surface area contributed by atoms with Crippen LogP contribution in [0.15, 0.2) is 77.6 Å². The largest absolute Gasteiger partial charge is 0.464 e. The molecule has 9 heteroatoms. The highest BCUT2D eigenvalue weighted by Gasteiger charge is 2.54. The van der Waals surface area contributed by atoms with Crippen LogP contribution < -0.4 is 16.5 Å². The number of nitrogens with zero attached hydrogens (tertiary/aromatic N) is 1. The maximum absolute atomic E-state index is 13.9. The Bertz CT molecular complexity index is 1790. The van der Waals surface area contributed by atoms with E-state index in [1.165, 1.54) is 7.11 Å². The van der Waals surface area contributed by atoms with Gasteiger partial charge in [-0.3, -0.25) is 9.59 Å². The molecule has 7 nitrogen and oxygen atoms in total. The Kier molecular flexibility index (Phi) is 8.07. The number of nitrogens with one attached hydrogen (secondary N) is 1. The molecule has 4 fully saturated rings. The van der Waals surface area contributed by atoms with Crippen molar-refractivity contribution in [3.63, 3.8) is 0 Å². The first-order valence-corrected chi connectivity index (χ1v) is 15.3. The molecule has 0 spiro atoms. The van der Waals surface area contributed by atoms with Crippen LogP contribution in [0.3, 0.4) is 0 Å². The first kappa shape index (κ1) is 30.4. The van der Waals surface area contributed by atoms with Gasteiger partial charge >= 0.3 is 5.97 Å². The Balaban J connectivity index is 0.00000343. The number of benzene rings is 3. The number of rotatable bonds is 6. The number of amides is 1. The third-order valence-corrected chi connectivity index (χ3v) is 10.1. The summed E-state index contributed by atoms with van der Waals surface area (Å²) < 4.78 is 6.93. The number of nitrogens with two attached hydrogens (primary N) is 1. The van der Waals surface area contributed by atoms with Crippen molar-refractivity contribution < 1.29 is 14.3 Å². The van der Waals surface area contributed by atoms with Gasteiger partial charge in [0.05, 0.1) is 12.6 Å². The Labute approximate surface area is 267 Å². The van der Waals surface area contributed by atoms with Gasteiger partial charge in [0.2, 0.25) is 0 Å². The first-order valence-electron chi connectivity index (χ1n) is 14.9. The lowest BCUT2D eigenvalue weighted by atomic mass is 9.51. The Hall–Kier alpha value is -3.65. The molecule has 0 aliphatic heterocycles. The van der Waals surface area contributed by atoms with Crippen molar-refractivity contribution in [3.8, 4) is 5.69 Å². The summed E-state index contributed by atoms with van der Waals surface area (Å²) in [7, 11) is 1.30. The van der Waals surface area contributed by atoms with Crippen molar-refractivity contribution >= 4 is 46.8 Å². The maximum Gasteiger partial charge on any atom is 0.355 e. The van der Waals surface area contributed by atoms with Crippen molar-refractivity contribution in [3.05, 3.63) is 110 Å². The minimum absolute atomic E-state index is 0. The zero-order chi connectivity index (χ0) is 29.9. The molecule has 4 saturated carbocycles. The molecule has 4 bridgehead atoms. The van der Waals surface area contributed by atoms with E-state index in [0.717, 1.165) is 37.7 Å². The summed E-state index contributed by atoms with van der Waals surface area (Å²) in [4.78, 5) is 40.5. The number of fused-ring (bicyclic) bond motifs is 1. The zero-order valence-corrected chi connectivity index (χ0v) is 26.0. The standard InChI is InChI=1S/C35H34ClN3O4.ClH/c1-43-34(42)31-28(32(40)27-12-11-25(36)16-29(27)39(31)26-5-3-2-4-6-26)15-20-7-9-22(10-8-20)33(41)38-30-23-13-21-14-24(30)19-35(37,17-21)18-23;/h2-12,16,21,23-24,30H,13-15,17-19,37H2,1H3,(H,38,41);1H/t21?,23-,24?,30?,35?;/m1./s1. The van der Waals surface area contributed by atoms with E-state index in [2.05, 4.69) is 5.32 Å². The normalized spacial score (nSPS) is 25.0. The second-order valence-corrected chi connectivity index (χ2v) is 13.1. The van der Waals surface area contributed by atoms with Gasteiger partial charge in [0.25, 0.3) is 5.91 Å². The number of carbonyl (C=O) groups excluding carboxylic acids is 2. The topological polar surface area (TPSA) is 103 Å². The molecule has 44 heavy (non-hydrogen) atoms. The van der Waals surface area contributed by atoms with Gasteiger partial charge in [0.1, 0.15) is 5.69 Å². The fraction of sp³-hybridized carbons (Fsp3) is 0.343. The molecule has 8 rings (SSSR count). The second kappa shape index (κ2) is 11.7. The molecule has 0 radical (unpaired) electrons. The van der Waals surface area contributed by atoms with Gasteiger partial charge in [0, 0.05) is 45.2 Å². The van der Waals surface area contributed by atoms with Crippen molar-refractivity contribution in [1.82, 2.24) is 9.88 Å². The summed E-state index contributed by atoms with van der Waals surface area (Å²) >= 11 is 6.34. The molecular formula is C35H35Cl2N3O4. The van der Waals surface area contributed by atoms with E-state index >= 15 is 0 Å². The lowest BCUT2D eigenvalue weighted by molar-refractivity contribution is -0.0278. The number of para-hydroxylation sites is 1. The lowest BCUT2D eigenvalue weighted by Crippen LogP contribution is -2.64. The molecule has 1 amide bonds. The van der Waals surface area contributed by atoms with Crippen molar-refractivity contribution in [2.45, 2.75) is 50.1 Å². The van der Waals surface area contributed by atoms with Crippen LogP contribution in [-0.2, 0) is 11.2 Å². The minimum Gasteiger partial charge on any atom is -0.464 e. The van der Waals surface area contributed by atoms with Gasteiger partial charge in [-0.25, -0.2) is 4.79 Å². The minimum atomic E-state index is -0.622. The quantitative estimate of drug-likeness (QED) is 0.251. The summed E-state index contributed by atoms with van der Waals surface area (Å²) in [6, 6.07) is 21.8. The van der Waals surface area contributed by atoms with Crippen LogP contribution in [0.2, 0.25) is 5.02 Å². The molecule has 1 heterocycles. The third kappa shape index (κ3) is 5.31. The number of pyridine rings is 1. The average molecular weight is 633 g/mol. The van der Waals surface area contributed by atoms with E-state index in [9.17, 15) is 14.4 Å². The molecule has 4 aliphatic rings. The van der Waals surface area contributed by atoms with E-state index in [4.69, 9.17) is 22.1 Å². The molecule has 5 atom stereocenters. The maximum atomic E-state index is 13.9. The van der Waals surface area contributed by atoms with Gasteiger partial charge in [0.15, 0.2) is 5.43 Å². The average Bonchev–Trinajstić information content (AvgIpc) is 2.99. The molecule has 1 aromatic heterocycles. The van der Waals surface area contributed by atoms with Gasteiger partial charge in [-0.1, -0.05) is 41.9 Å². The van der Waals surface area contributed by atoms with E-state index in [0.29, 0.717) is 50.5 Å². The fourth-order valence-corrected chi connectivity index (χ4v) is 8.43. The predicted octanol–water partition coefficient (Wildman–Crippen LogP) is 6.08. The number of hydrogen-bond acceptors (Lipinski definition) is 5. The molecule has 4 unspecified atom stereocenters. The summed E-state index contributed by atoms with van der Waals surface area (Å²) in [5.74, 6) is 0.892. The summed E-state index contributed by atoms with van der Waals surface area (Å²) in [6.07, 6.45) is 5.60. The van der Waals surface area contributed by atoms with Crippen molar-refractivity contribution in [2.24, 2.45) is 23.5 Å². The molecule has 3 aromatic carbocycles. The Morgan fingerprint density at radius 3 is 2.32 bits per heavy atom. The van der Waals surface area contributed by atoms with Crippen LogP contribution in [0.4, 0.5) is 0 Å². The van der Waals surface area contributed by atoms with Crippen LogP contribution in [-0.4, -0.2) is 35.1 Å². The van der Waals surface area contributed by atoms with E-state index in [-0.39, 0.29) is 47.4 Å². The molecule has 4 aliphatic carbocycles. The predicted molar refractivity (Wildman–Crippen MR) is 174 cm³/mol. The van der Waals surface area contributed by atoms with E-state index in [1.54, 1.807) is 34.9 Å². The highest BCUT2D eigenvalue weighted by molar-refractivity contribution is 6.31. The number of carbonyl (C=O) groups is 2. The Morgan fingerprint density at radius 1 is 1.00 bits per heavy atom. The highest BCUT2D eigenvalue weighted by Crippen LogP contribution is 2.54. The molecule has 3 N–H and O–H groups in total. The van der Waals surface area contributed by atoms with Crippen LogP contribution >= 0.6 is 24.0 Å². The first-order chi connectivity index (χ1) is 20.7. The van der Waals surface area contributed by atoms with Crippen LogP contribution in [0.1, 0.15) is 64.1 Å². The van der Waals surface area contributed by atoms with Crippen LogP contribution in [0, 0.1) is 17.8 Å². The summed E-state index contributed by atoms with van der Waals surface area (Å²) in [5.41, 5.74) is 9.40. The third-order valence-electron chi connectivity index (χ3n) is 9.84. The number of ether oxygens (including phenoxy) is 1. The molecule has 4 aromatic rings. The SMILES string of the molecule is COC(=O)c1c(Cc2ccc(C(=O)NC3C4CC5C[C@@H]3CC(N)(C5)C4)cc2)c(=O)c2ccc(Cl)cc2n1-c1ccccc1.Cl. The molecule has 228 valence electrons. The Morgan fingerprint density at radius 2 is 1.68 bits per heavy atom. The molecule has 0 saturated heterocycles. The zero-order valence-electron chi connectivity index (χ0n) is 24.4. The second-order valence-electron chi connectivity index (χ2n) is 12.7. The fourth-order valence-electron chi connectivity index (χ4n) is 8.26. The van der Waals surface area contributed by atoms with Gasteiger partial charge < -0.3 is 20.4 Å². The van der Waals surface area contributed by atoms with Crippen LogP contribution in [0.5, 0.6) is 0 Å². The van der Waals surface area contributed by atoms with Gasteiger partial charge in [-0.05, 0) is 97.9 Å². The highest BCUT2D eigenvalue weighted by atomic mass is 35.5. The van der Waals surface area contributed by atoms with Crippen molar-refractivity contribution in [1.29, 1.82) is 0 Å². The number of methoxy groups -OCH3 is 1. The number of aromatic nitrogens is 1. The monoisotopic (exact) mass is 631 g/mol. The smallest absolute Gasteiger partial charge is 0.355 e. The summed E-state index contributed by atoms with van der Waals surface area (Å²) in [5, 5.41) is 4.23. The summed E-state index contributed by atoms with van der Waals surface area (Å²) in [6.45, 7) is 0.